The lowest BCUT2D eigenvalue weighted by molar-refractivity contribution is 0.647. The summed E-state index contributed by atoms with van der Waals surface area (Å²) in [4.78, 5) is 13.9. The van der Waals surface area contributed by atoms with Crippen molar-refractivity contribution in [3.63, 3.8) is 0 Å². The first kappa shape index (κ1) is 18.3. The average Bonchev–Trinajstić information content (AvgIpc) is 2.71. The molecule has 0 amide bonds. The standard InChI is InChI=1S/C23H27N5/c1-17-5-4-6-20(16-17)27-11-13-28(14-12-27)22-9-10-24-23(26-22)25-21-8-7-18(2)15-19(21)3/h4-10,15-16H,11-14H2,1-3H3,(H,24,25,26). The minimum atomic E-state index is 0.644. The summed E-state index contributed by atoms with van der Waals surface area (Å²) in [6.07, 6.45) is 1.83. The fourth-order valence-electron chi connectivity index (χ4n) is 3.68. The molecule has 1 fully saturated rings. The molecule has 4 rings (SSSR count). The molecule has 2 heterocycles. The number of aryl methyl sites for hydroxylation is 3. The maximum absolute atomic E-state index is 4.75. The molecule has 5 heteroatoms. The number of anilines is 4. The molecule has 0 unspecified atom stereocenters. The van der Waals surface area contributed by atoms with Gasteiger partial charge in [-0.1, -0.05) is 29.8 Å². The second-order valence-corrected chi connectivity index (χ2v) is 7.49. The minimum absolute atomic E-state index is 0.644. The van der Waals surface area contributed by atoms with Crippen molar-refractivity contribution in [3.05, 3.63) is 71.4 Å². The summed E-state index contributed by atoms with van der Waals surface area (Å²) in [6.45, 7) is 10.2. The summed E-state index contributed by atoms with van der Waals surface area (Å²) in [5.74, 6) is 1.62. The van der Waals surface area contributed by atoms with E-state index in [0.717, 1.165) is 37.7 Å². The molecule has 1 aliphatic heterocycles. The molecule has 144 valence electrons. The summed E-state index contributed by atoms with van der Waals surface area (Å²) in [5.41, 5.74) is 6.11. The van der Waals surface area contributed by atoms with E-state index in [-0.39, 0.29) is 0 Å². The maximum atomic E-state index is 4.75. The Morgan fingerprint density at radius 2 is 1.57 bits per heavy atom. The van der Waals surface area contributed by atoms with E-state index < -0.39 is 0 Å². The quantitative estimate of drug-likeness (QED) is 0.731. The van der Waals surface area contributed by atoms with Gasteiger partial charge >= 0.3 is 0 Å². The van der Waals surface area contributed by atoms with E-state index in [9.17, 15) is 0 Å². The molecule has 0 bridgehead atoms. The second-order valence-electron chi connectivity index (χ2n) is 7.49. The number of aromatic nitrogens is 2. The lowest BCUT2D eigenvalue weighted by atomic mass is 10.1. The van der Waals surface area contributed by atoms with E-state index in [0.29, 0.717) is 5.95 Å². The summed E-state index contributed by atoms with van der Waals surface area (Å²) in [6, 6.07) is 17.1. The monoisotopic (exact) mass is 373 g/mol. The van der Waals surface area contributed by atoms with Crippen LogP contribution in [0.2, 0.25) is 0 Å². The van der Waals surface area contributed by atoms with E-state index in [1.165, 1.54) is 22.4 Å². The smallest absolute Gasteiger partial charge is 0.229 e. The van der Waals surface area contributed by atoms with Gasteiger partial charge in [0.05, 0.1) is 0 Å². The van der Waals surface area contributed by atoms with E-state index >= 15 is 0 Å². The van der Waals surface area contributed by atoms with Crippen LogP contribution in [0, 0.1) is 20.8 Å². The van der Waals surface area contributed by atoms with E-state index in [2.05, 4.69) is 83.3 Å². The number of benzene rings is 2. The van der Waals surface area contributed by atoms with Crippen LogP contribution in [-0.4, -0.2) is 36.1 Å². The fourth-order valence-corrected chi connectivity index (χ4v) is 3.68. The first-order valence-electron chi connectivity index (χ1n) is 9.82. The van der Waals surface area contributed by atoms with Crippen LogP contribution in [0.25, 0.3) is 0 Å². The zero-order valence-corrected chi connectivity index (χ0v) is 16.8. The Labute approximate surface area is 167 Å². The lowest BCUT2D eigenvalue weighted by Gasteiger charge is -2.36. The Bertz CT molecular complexity index is 961. The van der Waals surface area contributed by atoms with Gasteiger partial charge < -0.3 is 15.1 Å². The Morgan fingerprint density at radius 3 is 2.32 bits per heavy atom. The Morgan fingerprint density at radius 1 is 0.821 bits per heavy atom. The van der Waals surface area contributed by atoms with Crippen molar-refractivity contribution in [2.24, 2.45) is 0 Å². The number of nitrogens with one attached hydrogen (secondary N) is 1. The fraction of sp³-hybridized carbons (Fsp3) is 0.304. The Hall–Kier alpha value is -3.08. The molecule has 1 aliphatic rings. The van der Waals surface area contributed by atoms with E-state index in [1.807, 2.05) is 12.3 Å². The Kier molecular flexibility index (Phi) is 5.15. The predicted octanol–water partition coefficient (Wildman–Crippen LogP) is 4.47. The van der Waals surface area contributed by atoms with E-state index in [1.54, 1.807) is 0 Å². The molecule has 0 spiro atoms. The van der Waals surface area contributed by atoms with Crippen LogP contribution < -0.4 is 15.1 Å². The van der Waals surface area contributed by atoms with Crippen molar-refractivity contribution in [1.29, 1.82) is 0 Å². The second kappa shape index (κ2) is 7.89. The number of piperazine rings is 1. The zero-order chi connectivity index (χ0) is 19.5. The summed E-state index contributed by atoms with van der Waals surface area (Å²) >= 11 is 0. The molecular formula is C23H27N5. The molecule has 0 atom stereocenters. The number of hydrogen-bond donors (Lipinski definition) is 1. The van der Waals surface area contributed by atoms with Gasteiger partial charge in [-0.2, -0.15) is 4.98 Å². The zero-order valence-electron chi connectivity index (χ0n) is 16.8. The highest BCUT2D eigenvalue weighted by molar-refractivity contribution is 5.60. The van der Waals surface area contributed by atoms with Crippen molar-refractivity contribution >= 4 is 23.1 Å². The number of rotatable bonds is 4. The van der Waals surface area contributed by atoms with Crippen molar-refractivity contribution in [1.82, 2.24) is 9.97 Å². The molecule has 2 aromatic carbocycles. The van der Waals surface area contributed by atoms with Gasteiger partial charge in [-0.25, -0.2) is 4.98 Å². The van der Waals surface area contributed by atoms with Crippen molar-refractivity contribution in [3.8, 4) is 0 Å². The molecule has 1 aromatic heterocycles. The molecule has 0 radical (unpaired) electrons. The van der Waals surface area contributed by atoms with Gasteiger partial charge in [0.25, 0.3) is 0 Å². The van der Waals surface area contributed by atoms with Crippen LogP contribution in [0.1, 0.15) is 16.7 Å². The van der Waals surface area contributed by atoms with Gasteiger partial charge in [0.15, 0.2) is 0 Å². The topological polar surface area (TPSA) is 44.3 Å². The van der Waals surface area contributed by atoms with Gasteiger partial charge in [-0.3, -0.25) is 0 Å². The third-order valence-electron chi connectivity index (χ3n) is 5.24. The molecule has 3 aromatic rings. The van der Waals surface area contributed by atoms with Crippen LogP contribution in [0.5, 0.6) is 0 Å². The summed E-state index contributed by atoms with van der Waals surface area (Å²) in [5, 5.41) is 3.36. The van der Waals surface area contributed by atoms with Gasteiger partial charge in [-0.05, 0) is 56.2 Å². The molecule has 1 saturated heterocycles. The van der Waals surface area contributed by atoms with Gasteiger partial charge in [0.1, 0.15) is 5.82 Å². The molecule has 5 nitrogen and oxygen atoms in total. The van der Waals surface area contributed by atoms with Crippen molar-refractivity contribution in [2.45, 2.75) is 20.8 Å². The largest absolute Gasteiger partial charge is 0.368 e. The minimum Gasteiger partial charge on any atom is -0.368 e. The van der Waals surface area contributed by atoms with Crippen molar-refractivity contribution in [2.75, 3.05) is 41.3 Å². The highest BCUT2D eigenvalue weighted by Crippen LogP contribution is 2.23. The predicted molar refractivity (Wildman–Crippen MR) is 117 cm³/mol. The summed E-state index contributed by atoms with van der Waals surface area (Å²) < 4.78 is 0. The third-order valence-corrected chi connectivity index (χ3v) is 5.24. The van der Waals surface area contributed by atoms with Crippen LogP contribution in [0.4, 0.5) is 23.1 Å². The highest BCUT2D eigenvalue weighted by atomic mass is 15.3. The van der Waals surface area contributed by atoms with Gasteiger partial charge in [0.2, 0.25) is 5.95 Å². The molecule has 0 saturated carbocycles. The first-order valence-corrected chi connectivity index (χ1v) is 9.82. The van der Waals surface area contributed by atoms with Crippen LogP contribution in [-0.2, 0) is 0 Å². The highest BCUT2D eigenvalue weighted by Gasteiger charge is 2.19. The SMILES string of the molecule is Cc1cccc(N2CCN(c3ccnc(Nc4ccc(C)cc4C)n3)CC2)c1. The number of hydrogen-bond acceptors (Lipinski definition) is 5. The molecule has 28 heavy (non-hydrogen) atoms. The molecule has 0 aliphatic carbocycles. The molecular weight excluding hydrogens is 346 g/mol. The van der Waals surface area contributed by atoms with E-state index in [4.69, 9.17) is 4.98 Å². The maximum Gasteiger partial charge on any atom is 0.229 e. The summed E-state index contributed by atoms with van der Waals surface area (Å²) in [7, 11) is 0. The van der Waals surface area contributed by atoms with Crippen molar-refractivity contribution < 1.29 is 0 Å². The first-order chi connectivity index (χ1) is 13.6. The number of nitrogens with zero attached hydrogens (tertiary/aromatic N) is 4. The Balaban J connectivity index is 1.44. The van der Waals surface area contributed by atoms with Crippen LogP contribution >= 0.6 is 0 Å². The normalized spacial score (nSPS) is 14.2. The molecule has 1 N–H and O–H groups in total. The lowest BCUT2D eigenvalue weighted by Crippen LogP contribution is -2.46. The van der Waals surface area contributed by atoms with Gasteiger partial charge in [-0.15, -0.1) is 0 Å². The third kappa shape index (κ3) is 4.09. The van der Waals surface area contributed by atoms with Crippen LogP contribution in [0.15, 0.2) is 54.7 Å². The van der Waals surface area contributed by atoms with Crippen LogP contribution in [0.3, 0.4) is 0 Å². The van der Waals surface area contributed by atoms with Gasteiger partial charge in [0, 0.05) is 43.8 Å². The average molecular weight is 374 g/mol.